The van der Waals surface area contributed by atoms with E-state index in [1.807, 2.05) is 13.1 Å². The number of ether oxygens (including phenoxy) is 1. The quantitative estimate of drug-likeness (QED) is 0.746. The molecule has 2 aromatic carbocycles. The number of para-hydroxylation sites is 1. The fourth-order valence-corrected chi connectivity index (χ4v) is 2.80. The average Bonchev–Trinajstić information content (AvgIpc) is 2.94. The average molecular weight is 294 g/mol. The summed E-state index contributed by atoms with van der Waals surface area (Å²) in [4.78, 5) is 0. The number of fused-ring (bicyclic) bond motifs is 1. The van der Waals surface area contributed by atoms with Crippen molar-refractivity contribution >= 4 is 10.9 Å². The predicted molar refractivity (Wildman–Crippen MR) is 91.3 cm³/mol. The predicted octanol–water partition coefficient (Wildman–Crippen LogP) is 3.91. The minimum absolute atomic E-state index is 0.0501. The Bertz CT molecular complexity index is 734. The summed E-state index contributed by atoms with van der Waals surface area (Å²) in [5, 5.41) is 4.42. The van der Waals surface area contributed by atoms with E-state index in [0.717, 1.165) is 24.2 Å². The van der Waals surface area contributed by atoms with Crippen LogP contribution in [0.5, 0.6) is 5.75 Å². The maximum atomic E-state index is 6.39. The summed E-state index contributed by atoms with van der Waals surface area (Å²) in [5.41, 5.74) is 2.36. The first-order valence-electron chi connectivity index (χ1n) is 7.70. The Labute approximate surface area is 131 Å². The van der Waals surface area contributed by atoms with Crippen molar-refractivity contribution in [2.75, 3.05) is 13.6 Å². The van der Waals surface area contributed by atoms with Crippen molar-refractivity contribution < 1.29 is 4.74 Å². The fourth-order valence-electron chi connectivity index (χ4n) is 2.80. The molecular weight excluding hydrogens is 272 g/mol. The van der Waals surface area contributed by atoms with Gasteiger partial charge in [0.25, 0.3) is 0 Å². The molecule has 0 radical (unpaired) electrons. The Balaban J connectivity index is 1.93. The standard InChI is InChI=1S/C19H22N2O/c1-20-13-11-17(15-7-4-3-5-8-15)22-18-10-6-9-16-12-14-21(2)19(16)18/h3-10,12,14,17,20H,11,13H2,1-2H3. The number of hydrogen-bond donors (Lipinski definition) is 1. The Kier molecular flexibility index (Phi) is 4.45. The number of rotatable bonds is 6. The molecule has 0 bridgehead atoms. The number of aromatic nitrogens is 1. The van der Waals surface area contributed by atoms with Gasteiger partial charge in [-0.1, -0.05) is 42.5 Å². The second kappa shape index (κ2) is 6.67. The Morgan fingerprint density at radius 2 is 1.86 bits per heavy atom. The van der Waals surface area contributed by atoms with E-state index in [2.05, 4.69) is 71.7 Å². The molecule has 0 saturated carbocycles. The van der Waals surface area contributed by atoms with Gasteiger partial charge in [-0.2, -0.15) is 0 Å². The molecule has 3 nitrogen and oxygen atoms in total. The molecule has 1 N–H and O–H groups in total. The van der Waals surface area contributed by atoms with Gasteiger partial charge in [0.2, 0.25) is 0 Å². The van der Waals surface area contributed by atoms with E-state index in [4.69, 9.17) is 4.74 Å². The van der Waals surface area contributed by atoms with Crippen LogP contribution in [0.2, 0.25) is 0 Å². The van der Waals surface area contributed by atoms with Gasteiger partial charge in [0.1, 0.15) is 11.9 Å². The molecule has 1 unspecified atom stereocenters. The second-order valence-corrected chi connectivity index (χ2v) is 5.53. The van der Waals surface area contributed by atoms with Crippen molar-refractivity contribution in [1.82, 2.24) is 9.88 Å². The van der Waals surface area contributed by atoms with Crippen molar-refractivity contribution in [2.45, 2.75) is 12.5 Å². The summed E-state index contributed by atoms with van der Waals surface area (Å²) in [5.74, 6) is 0.940. The largest absolute Gasteiger partial charge is 0.483 e. The van der Waals surface area contributed by atoms with Crippen LogP contribution in [0.4, 0.5) is 0 Å². The number of nitrogens with one attached hydrogen (secondary N) is 1. The molecule has 1 atom stereocenters. The normalized spacial score (nSPS) is 12.5. The molecular formula is C19H22N2O. The third kappa shape index (κ3) is 3.00. The topological polar surface area (TPSA) is 26.2 Å². The highest BCUT2D eigenvalue weighted by Gasteiger charge is 2.15. The summed E-state index contributed by atoms with van der Waals surface area (Å²) in [7, 11) is 4.03. The minimum atomic E-state index is 0.0501. The summed E-state index contributed by atoms with van der Waals surface area (Å²) in [6, 6.07) is 18.8. The van der Waals surface area contributed by atoms with Crippen LogP contribution in [0.1, 0.15) is 18.1 Å². The van der Waals surface area contributed by atoms with Crippen molar-refractivity contribution in [3.8, 4) is 5.75 Å². The smallest absolute Gasteiger partial charge is 0.144 e. The zero-order chi connectivity index (χ0) is 15.4. The van der Waals surface area contributed by atoms with Gasteiger partial charge in [0, 0.05) is 25.1 Å². The zero-order valence-corrected chi connectivity index (χ0v) is 13.1. The second-order valence-electron chi connectivity index (χ2n) is 5.53. The molecule has 114 valence electrons. The van der Waals surface area contributed by atoms with E-state index in [1.165, 1.54) is 10.9 Å². The Morgan fingerprint density at radius 1 is 1.05 bits per heavy atom. The van der Waals surface area contributed by atoms with Crippen molar-refractivity contribution in [1.29, 1.82) is 0 Å². The van der Waals surface area contributed by atoms with E-state index in [-0.39, 0.29) is 6.10 Å². The lowest BCUT2D eigenvalue weighted by Gasteiger charge is -2.20. The van der Waals surface area contributed by atoms with Gasteiger partial charge in [-0.3, -0.25) is 0 Å². The maximum Gasteiger partial charge on any atom is 0.144 e. The van der Waals surface area contributed by atoms with Crippen LogP contribution in [0, 0.1) is 0 Å². The summed E-state index contributed by atoms with van der Waals surface area (Å²) < 4.78 is 8.51. The monoisotopic (exact) mass is 294 g/mol. The van der Waals surface area contributed by atoms with E-state index < -0.39 is 0 Å². The molecule has 0 spiro atoms. The Hall–Kier alpha value is -2.26. The third-order valence-corrected chi connectivity index (χ3v) is 3.96. The summed E-state index contributed by atoms with van der Waals surface area (Å²) >= 11 is 0. The molecule has 3 aromatic rings. The van der Waals surface area contributed by atoms with E-state index in [1.54, 1.807) is 0 Å². The number of benzene rings is 2. The first kappa shape index (κ1) is 14.7. The zero-order valence-electron chi connectivity index (χ0n) is 13.1. The molecule has 0 saturated heterocycles. The molecule has 0 aliphatic heterocycles. The van der Waals surface area contributed by atoms with Gasteiger partial charge >= 0.3 is 0 Å². The first-order valence-corrected chi connectivity index (χ1v) is 7.70. The van der Waals surface area contributed by atoms with E-state index in [9.17, 15) is 0 Å². The maximum absolute atomic E-state index is 6.39. The molecule has 1 aromatic heterocycles. The lowest BCUT2D eigenvalue weighted by molar-refractivity contribution is 0.197. The van der Waals surface area contributed by atoms with Crippen LogP contribution in [0.3, 0.4) is 0 Å². The van der Waals surface area contributed by atoms with Gasteiger partial charge in [-0.05, 0) is 31.3 Å². The van der Waals surface area contributed by atoms with Gasteiger partial charge in [0.05, 0.1) is 5.52 Å². The van der Waals surface area contributed by atoms with Crippen molar-refractivity contribution in [3.63, 3.8) is 0 Å². The fraction of sp³-hybridized carbons (Fsp3) is 0.263. The van der Waals surface area contributed by atoms with Crippen LogP contribution < -0.4 is 10.1 Å². The van der Waals surface area contributed by atoms with Gasteiger partial charge in [0.15, 0.2) is 0 Å². The first-order chi connectivity index (χ1) is 10.8. The Morgan fingerprint density at radius 3 is 2.64 bits per heavy atom. The van der Waals surface area contributed by atoms with Crippen molar-refractivity contribution in [2.24, 2.45) is 7.05 Å². The van der Waals surface area contributed by atoms with E-state index in [0.29, 0.717) is 0 Å². The van der Waals surface area contributed by atoms with Crippen molar-refractivity contribution in [3.05, 3.63) is 66.4 Å². The highest BCUT2D eigenvalue weighted by molar-refractivity contribution is 5.85. The molecule has 0 aliphatic carbocycles. The van der Waals surface area contributed by atoms with Crippen LogP contribution in [0.15, 0.2) is 60.8 Å². The number of aryl methyl sites for hydroxylation is 1. The van der Waals surface area contributed by atoms with Gasteiger partial charge in [-0.25, -0.2) is 0 Å². The molecule has 22 heavy (non-hydrogen) atoms. The number of hydrogen-bond acceptors (Lipinski definition) is 2. The van der Waals surface area contributed by atoms with Crippen LogP contribution in [-0.4, -0.2) is 18.2 Å². The highest BCUT2D eigenvalue weighted by Crippen LogP contribution is 2.31. The summed E-state index contributed by atoms with van der Waals surface area (Å²) in [6.07, 6.45) is 3.05. The van der Waals surface area contributed by atoms with Crippen LogP contribution >= 0.6 is 0 Å². The molecule has 0 aliphatic rings. The molecule has 1 heterocycles. The lowest BCUT2D eigenvalue weighted by atomic mass is 10.1. The molecule has 0 fully saturated rings. The third-order valence-electron chi connectivity index (χ3n) is 3.96. The lowest BCUT2D eigenvalue weighted by Crippen LogP contribution is -2.16. The molecule has 3 rings (SSSR count). The highest BCUT2D eigenvalue weighted by atomic mass is 16.5. The molecule has 0 amide bonds. The molecule has 3 heteroatoms. The van der Waals surface area contributed by atoms with Crippen LogP contribution in [0.25, 0.3) is 10.9 Å². The van der Waals surface area contributed by atoms with E-state index >= 15 is 0 Å². The summed E-state index contributed by atoms with van der Waals surface area (Å²) in [6.45, 7) is 0.919. The number of nitrogens with zero attached hydrogens (tertiary/aromatic N) is 1. The minimum Gasteiger partial charge on any atom is -0.483 e. The van der Waals surface area contributed by atoms with Gasteiger partial charge in [-0.15, -0.1) is 0 Å². The van der Waals surface area contributed by atoms with Gasteiger partial charge < -0.3 is 14.6 Å². The SMILES string of the molecule is CNCCC(Oc1cccc2ccn(C)c12)c1ccccc1. The van der Waals surface area contributed by atoms with Crippen LogP contribution in [-0.2, 0) is 7.05 Å².